The number of carboxylic acid groups (broad SMARTS) is 1. The van der Waals surface area contributed by atoms with Crippen molar-refractivity contribution in [3.63, 3.8) is 0 Å². The van der Waals surface area contributed by atoms with E-state index in [4.69, 9.17) is 26.2 Å². The van der Waals surface area contributed by atoms with Crippen molar-refractivity contribution in [2.45, 2.75) is 13.5 Å². The van der Waals surface area contributed by atoms with Crippen LogP contribution in [-0.2, 0) is 6.61 Å². The topological polar surface area (TPSA) is 80.2 Å². The van der Waals surface area contributed by atoms with Crippen molar-refractivity contribution in [3.8, 4) is 11.5 Å². The smallest absolute Gasteiger partial charge is 0.335 e. The molecule has 0 aliphatic heterocycles. The fraction of sp³-hybridized carbons (Fsp3) is 0.130. The average molecular weight is 425 g/mol. The van der Waals surface area contributed by atoms with Gasteiger partial charge in [-0.15, -0.1) is 0 Å². The summed E-state index contributed by atoms with van der Waals surface area (Å²) < 4.78 is 11.6. The van der Waals surface area contributed by atoms with Crippen LogP contribution in [0.2, 0.25) is 5.02 Å². The van der Waals surface area contributed by atoms with Crippen molar-refractivity contribution >= 4 is 29.5 Å². The summed E-state index contributed by atoms with van der Waals surface area (Å²) >= 11 is 6.18. The Balaban J connectivity index is 1.69. The second-order valence-corrected chi connectivity index (χ2v) is 6.68. The van der Waals surface area contributed by atoms with Gasteiger partial charge in [0, 0.05) is 10.6 Å². The third-order valence-electron chi connectivity index (χ3n) is 4.13. The van der Waals surface area contributed by atoms with Crippen LogP contribution in [0.4, 0.5) is 5.69 Å². The summed E-state index contributed by atoms with van der Waals surface area (Å²) in [5.41, 5.74) is 5.28. The largest absolute Gasteiger partial charge is 0.490 e. The summed E-state index contributed by atoms with van der Waals surface area (Å²) in [6.45, 7) is 2.72. The third kappa shape index (κ3) is 5.75. The van der Waals surface area contributed by atoms with E-state index in [9.17, 15) is 4.79 Å². The van der Waals surface area contributed by atoms with Gasteiger partial charge in [0.15, 0.2) is 11.5 Å². The van der Waals surface area contributed by atoms with Crippen molar-refractivity contribution in [2.24, 2.45) is 5.10 Å². The number of hydrazone groups is 1. The number of ether oxygens (including phenoxy) is 2. The molecular weight excluding hydrogens is 404 g/mol. The number of hydrogen-bond acceptors (Lipinski definition) is 5. The number of halogens is 1. The zero-order valence-electron chi connectivity index (χ0n) is 16.3. The van der Waals surface area contributed by atoms with Crippen LogP contribution >= 0.6 is 11.6 Å². The van der Waals surface area contributed by atoms with E-state index in [1.165, 1.54) is 12.1 Å². The molecule has 7 heteroatoms. The molecular formula is C23H21ClN2O4. The number of carbonyl (C=O) groups is 1. The molecule has 2 N–H and O–H groups in total. The Morgan fingerprint density at radius 2 is 1.90 bits per heavy atom. The summed E-state index contributed by atoms with van der Waals surface area (Å²) in [5.74, 6) is 0.216. The van der Waals surface area contributed by atoms with E-state index in [2.05, 4.69) is 10.5 Å². The van der Waals surface area contributed by atoms with Crippen molar-refractivity contribution in [1.82, 2.24) is 0 Å². The predicted octanol–water partition coefficient (Wildman–Crippen LogP) is 5.46. The van der Waals surface area contributed by atoms with Crippen LogP contribution in [0, 0.1) is 0 Å². The van der Waals surface area contributed by atoms with E-state index < -0.39 is 5.97 Å². The van der Waals surface area contributed by atoms with Gasteiger partial charge in [-0.05, 0) is 55.0 Å². The van der Waals surface area contributed by atoms with Crippen LogP contribution in [0.15, 0.2) is 71.8 Å². The Kier molecular flexibility index (Phi) is 7.29. The molecule has 3 aromatic carbocycles. The van der Waals surface area contributed by atoms with Crippen LogP contribution in [0.3, 0.4) is 0 Å². The van der Waals surface area contributed by atoms with E-state index in [1.54, 1.807) is 18.3 Å². The van der Waals surface area contributed by atoms with Gasteiger partial charge in [0.05, 0.1) is 24.1 Å². The Hall–Kier alpha value is -3.51. The van der Waals surface area contributed by atoms with Crippen molar-refractivity contribution in [2.75, 3.05) is 12.0 Å². The average Bonchev–Trinajstić information content (AvgIpc) is 2.74. The molecule has 0 heterocycles. The lowest BCUT2D eigenvalue weighted by Gasteiger charge is -2.13. The SMILES string of the molecule is CCOc1cc(/C=N/Nc2cccc(C(=O)O)c2)ccc1OCc1ccccc1Cl. The minimum atomic E-state index is -0.989. The van der Waals surface area contributed by atoms with Crippen molar-refractivity contribution in [1.29, 1.82) is 0 Å². The molecule has 3 rings (SSSR count). The lowest BCUT2D eigenvalue weighted by atomic mass is 10.2. The molecule has 154 valence electrons. The van der Waals surface area contributed by atoms with Crippen LogP contribution in [-0.4, -0.2) is 23.9 Å². The Morgan fingerprint density at radius 1 is 1.07 bits per heavy atom. The fourth-order valence-corrected chi connectivity index (χ4v) is 2.86. The van der Waals surface area contributed by atoms with Gasteiger partial charge in [-0.25, -0.2) is 4.79 Å². The van der Waals surface area contributed by atoms with Gasteiger partial charge in [0.25, 0.3) is 0 Å². The maximum atomic E-state index is 11.0. The molecule has 0 bridgehead atoms. The van der Waals surface area contributed by atoms with E-state index in [0.29, 0.717) is 35.4 Å². The first-order valence-electron chi connectivity index (χ1n) is 9.32. The molecule has 3 aromatic rings. The highest BCUT2D eigenvalue weighted by molar-refractivity contribution is 6.31. The molecule has 0 saturated carbocycles. The first-order valence-corrected chi connectivity index (χ1v) is 9.70. The normalized spacial score (nSPS) is 10.7. The van der Waals surface area contributed by atoms with E-state index in [0.717, 1.165) is 11.1 Å². The van der Waals surface area contributed by atoms with E-state index in [1.807, 2.05) is 49.4 Å². The van der Waals surface area contributed by atoms with Crippen LogP contribution < -0.4 is 14.9 Å². The maximum absolute atomic E-state index is 11.0. The molecule has 0 spiro atoms. The van der Waals surface area contributed by atoms with Gasteiger partial charge in [0.2, 0.25) is 0 Å². The zero-order chi connectivity index (χ0) is 21.3. The standard InChI is InChI=1S/C23H21ClN2O4/c1-2-29-22-12-16(14-25-26-19-8-5-7-17(13-19)23(27)28)10-11-21(22)30-15-18-6-3-4-9-20(18)24/h3-14,26H,2,15H2,1H3,(H,27,28)/b25-14+. The molecule has 0 amide bonds. The second-order valence-electron chi connectivity index (χ2n) is 6.28. The summed E-state index contributed by atoms with van der Waals surface area (Å²) in [6.07, 6.45) is 1.62. The number of carboxylic acids is 1. The number of anilines is 1. The summed E-state index contributed by atoms with van der Waals surface area (Å²) in [5, 5.41) is 13.9. The monoisotopic (exact) mass is 424 g/mol. The first kappa shape index (κ1) is 21.2. The maximum Gasteiger partial charge on any atom is 0.335 e. The lowest BCUT2D eigenvalue weighted by molar-refractivity contribution is 0.0697. The van der Waals surface area contributed by atoms with Crippen LogP contribution in [0.1, 0.15) is 28.4 Å². The van der Waals surface area contributed by atoms with Gasteiger partial charge in [-0.2, -0.15) is 5.10 Å². The highest BCUT2D eigenvalue weighted by atomic mass is 35.5. The van der Waals surface area contributed by atoms with Gasteiger partial charge in [0.1, 0.15) is 6.61 Å². The molecule has 6 nitrogen and oxygen atoms in total. The van der Waals surface area contributed by atoms with Crippen molar-refractivity contribution < 1.29 is 19.4 Å². The number of nitrogens with one attached hydrogen (secondary N) is 1. The van der Waals surface area contributed by atoms with Gasteiger partial charge in [-0.3, -0.25) is 5.43 Å². The third-order valence-corrected chi connectivity index (χ3v) is 4.49. The van der Waals surface area contributed by atoms with Gasteiger partial charge < -0.3 is 14.6 Å². The first-order chi connectivity index (χ1) is 14.6. The number of aromatic carboxylic acids is 1. The van der Waals surface area contributed by atoms with Gasteiger partial charge in [-0.1, -0.05) is 35.9 Å². The van der Waals surface area contributed by atoms with Gasteiger partial charge >= 0.3 is 5.97 Å². The summed E-state index contributed by atoms with van der Waals surface area (Å²) in [7, 11) is 0. The quantitative estimate of drug-likeness (QED) is 0.352. The number of nitrogens with zero attached hydrogens (tertiary/aromatic N) is 1. The van der Waals surface area contributed by atoms with E-state index >= 15 is 0 Å². The van der Waals surface area contributed by atoms with E-state index in [-0.39, 0.29) is 5.56 Å². The molecule has 30 heavy (non-hydrogen) atoms. The molecule has 0 fully saturated rings. The van der Waals surface area contributed by atoms with Crippen molar-refractivity contribution in [3.05, 3.63) is 88.4 Å². The number of hydrogen-bond donors (Lipinski definition) is 2. The fourth-order valence-electron chi connectivity index (χ4n) is 2.67. The van der Waals surface area contributed by atoms with Crippen LogP contribution in [0.25, 0.3) is 0 Å². The predicted molar refractivity (Wildman–Crippen MR) is 118 cm³/mol. The number of rotatable bonds is 9. The molecule has 0 aliphatic rings. The minimum Gasteiger partial charge on any atom is -0.490 e. The zero-order valence-corrected chi connectivity index (χ0v) is 17.1. The Bertz CT molecular complexity index is 1050. The second kappa shape index (κ2) is 10.3. The molecule has 0 unspecified atom stereocenters. The molecule has 0 aromatic heterocycles. The Morgan fingerprint density at radius 3 is 2.67 bits per heavy atom. The Labute approximate surface area is 179 Å². The lowest BCUT2D eigenvalue weighted by Crippen LogP contribution is -2.01. The molecule has 0 aliphatic carbocycles. The summed E-state index contributed by atoms with van der Waals surface area (Å²) in [6, 6.07) is 19.4. The molecule has 0 radical (unpaired) electrons. The highest BCUT2D eigenvalue weighted by Crippen LogP contribution is 2.29. The summed E-state index contributed by atoms with van der Waals surface area (Å²) in [4.78, 5) is 11.0. The molecule has 0 atom stereocenters. The van der Waals surface area contributed by atoms with Crippen LogP contribution in [0.5, 0.6) is 11.5 Å². The highest BCUT2D eigenvalue weighted by Gasteiger charge is 2.08. The minimum absolute atomic E-state index is 0.189. The molecule has 0 saturated heterocycles. The number of benzene rings is 3.